The summed E-state index contributed by atoms with van der Waals surface area (Å²) >= 11 is 7.26. The zero-order chi connectivity index (χ0) is 23.4. The Labute approximate surface area is 202 Å². The van der Waals surface area contributed by atoms with E-state index >= 15 is 0 Å². The Morgan fingerprint density at radius 3 is 2.70 bits per heavy atom. The molecule has 1 saturated heterocycles. The fourth-order valence-electron chi connectivity index (χ4n) is 3.81. The third-order valence-corrected chi connectivity index (χ3v) is 6.79. The number of hydrogen-bond acceptors (Lipinski definition) is 6. The summed E-state index contributed by atoms with van der Waals surface area (Å²) in [7, 11) is 0. The number of hydrogen-bond donors (Lipinski definition) is 2. The second-order valence-electron chi connectivity index (χ2n) is 8.25. The zero-order valence-electron chi connectivity index (χ0n) is 18.5. The van der Waals surface area contributed by atoms with Crippen LogP contribution in [0.5, 0.6) is 0 Å². The number of anilines is 2. The van der Waals surface area contributed by atoms with Gasteiger partial charge < -0.3 is 10.6 Å². The first-order chi connectivity index (χ1) is 15.9. The molecule has 0 saturated carbocycles. The lowest BCUT2D eigenvalue weighted by molar-refractivity contribution is -0.125. The van der Waals surface area contributed by atoms with E-state index in [1.807, 2.05) is 48.4 Å². The van der Waals surface area contributed by atoms with Crippen molar-refractivity contribution in [1.82, 2.24) is 14.9 Å². The minimum absolute atomic E-state index is 0.0928. The summed E-state index contributed by atoms with van der Waals surface area (Å²) in [5.41, 5.74) is 3.05. The van der Waals surface area contributed by atoms with Gasteiger partial charge in [0, 0.05) is 23.7 Å². The molecule has 2 unspecified atom stereocenters. The van der Waals surface area contributed by atoms with Crippen molar-refractivity contribution in [3.05, 3.63) is 58.6 Å². The van der Waals surface area contributed by atoms with Gasteiger partial charge in [0.15, 0.2) is 5.13 Å². The van der Waals surface area contributed by atoms with Crippen molar-refractivity contribution < 1.29 is 9.59 Å². The van der Waals surface area contributed by atoms with Crippen molar-refractivity contribution in [2.45, 2.75) is 32.7 Å². The van der Waals surface area contributed by atoms with Gasteiger partial charge in [-0.05, 0) is 45.4 Å². The number of likely N-dealkylation sites (tertiary alicyclic amines) is 1. The number of carbonyl (C=O) groups excluding carboxylic acids is 2. The standard InChI is InChI=1S/C24H26ClN5O2S/c1-15-5-7-17(8-6-15)20-14-33-24(27-20)29-22(31)16(2)30-11-3-4-18(13-30)23(32)28-21-10-9-19(25)12-26-21/h5-10,12,14,16,18H,3-4,11,13H2,1-2H3,(H,26,28,32)(H,27,29,31). The lowest BCUT2D eigenvalue weighted by atomic mass is 9.96. The first kappa shape index (κ1) is 23.4. The molecule has 1 fully saturated rings. The Balaban J connectivity index is 1.34. The lowest BCUT2D eigenvalue weighted by Gasteiger charge is -2.35. The van der Waals surface area contributed by atoms with Crippen molar-refractivity contribution >= 4 is 45.7 Å². The highest BCUT2D eigenvalue weighted by Crippen LogP contribution is 2.26. The Morgan fingerprint density at radius 2 is 1.97 bits per heavy atom. The van der Waals surface area contributed by atoms with E-state index in [-0.39, 0.29) is 23.8 Å². The third-order valence-electron chi connectivity index (χ3n) is 5.81. The number of benzene rings is 1. The number of pyridine rings is 1. The van der Waals surface area contributed by atoms with Crippen molar-refractivity contribution in [2.75, 3.05) is 23.7 Å². The van der Waals surface area contributed by atoms with Gasteiger partial charge in [-0.1, -0.05) is 41.4 Å². The fraction of sp³-hybridized carbons (Fsp3) is 0.333. The zero-order valence-corrected chi connectivity index (χ0v) is 20.1. The largest absolute Gasteiger partial charge is 0.310 e. The van der Waals surface area contributed by atoms with Crippen LogP contribution in [0.3, 0.4) is 0 Å². The number of aryl methyl sites for hydroxylation is 1. The second-order valence-corrected chi connectivity index (χ2v) is 9.55. The molecule has 4 rings (SSSR count). The van der Waals surface area contributed by atoms with Crippen molar-refractivity contribution in [1.29, 1.82) is 0 Å². The van der Waals surface area contributed by atoms with Crippen LogP contribution in [0.25, 0.3) is 11.3 Å². The van der Waals surface area contributed by atoms with Gasteiger partial charge in [-0.3, -0.25) is 14.5 Å². The number of rotatable bonds is 6. The van der Waals surface area contributed by atoms with Gasteiger partial charge in [0.2, 0.25) is 11.8 Å². The summed E-state index contributed by atoms with van der Waals surface area (Å²) in [6.07, 6.45) is 3.12. The van der Waals surface area contributed by atoms with Gasteiger partial charge in [0.25, 0.3) is 0 Å². The molecule has 3 aromatic rings. The molecule has 33 heavy (non-hydrogen) atoms. The van der Waals surface area contributed by atoms with Crippen molar-refractivity contribution in [3.8, 4) is 11.3 Å². The summed E-state index contributed by atoms with van der Waals surface area (Å²) in [6, 6.07) is 11.1. The average molecular weight is 484 g/mol. The maximum absolute atomic E-state index is 12.9. The molecule has 172 valence electrons. The van der Waals surface area contributed by atoms with Crippen LogP contribution >= 0.6 is 22.9 Å². The van der Waals surface area contributed by atoms with Crippen LogP contribution in [-0.4, -0.2) is 45.8 Å². The number of piperidine rings is 1. The topological polar surface area (TPSA) is 87.2 Å². The van der Waals surface area contributed by atoms with Gasteiger partial charge in [0.05, 0.1) is 22.7 Å². The number of thiazole rings is 1. The number of nitrogens with one attached hydrogen (secondary N) is 2. The minimum Gasteiger partial charge on any atom is -0.310 e. The molecule has 0 radical (unpaired) electrons. The van der Waals surface area contributed by atoms with Crippen molar-refractivity contribution in [2.24, 2.45) is 5.92 Å². The second kappa shape index (κ2) is 10.4. The molecule has 1 aliphatic heterocycles. The normalized spacial score (nSPS) is 17.4. The summed E-state index contributed by atoms with van der Waals surface area (Å²) in [6.45, 7) is 5.19. The number of aromatic nitrogens is 2. The summed E-state index contributed by atoms with van der Waals surface area (Å²) in [5, 5.41) is 8.81. The van der Waals surface area contributed by atoms with Gasteiger partial charge >= 0.3 is 0 Å². The maximum Gasteiger partial charge on any atom is 0.243 e. The highest BCUT2D eigenvalue weighted by molar-refractivity contribution is 7.14. The van der Waals surface area contributed by atoms with Crippen LogP contribution < -0.4 is 10.6 Å². The molecule has 0 bridgehead atoms. The minimum atomic E-state index is -0.374. The summed E-state index contributed by atoms with van der Waals surface area (Å²) < 4.78 is 0. The molecule has 2 N–H and O–H groups in total. The van der Waals surface area contributed by atoms with Crippen LogP contribution in [-0.2, 0) is 9.59 Å². The number of nitrogens with zero attached hydrogens (tertiary/aromatic N) is 3. The predicted octanol–water partition coefficient (Wildman–Crippen LogP) is 4.84. The first-order valence-electron chi connectivity index (χ1n) is 10.9. The smallest absolute Gasteiger partial charge is 0.243 e. The molecule has 2 aromatic heterocycles. The maximum atomic E-state index is 12.9. The Bertz CT molecular complexity index is 1120. The lowest BCUT2D eigenvalue weighted by Crippen LogP contribution is -2.49. The molecule has 3 heterocycles. The molecule has 2 atom stereocenters. The molecular formula is C24H26ClN5O2S. The SMILES string of the molecule is Cc1ccc(-c2csc(NC(=O)C(C)N3CCCC(C(=O)Nc4ccc(Cl)cn4)C3)n2)cc1. The predicted molar refractivity (Wildman–Crippen MR) is 133 cm³/mol. The van der Waals surface area contributed by atoms with Gasteiger partial charge in [-0.15, -0.1) is 11.3 Å². The van der Waals surface area contributed by atoms with Gasteiger partial charge in [0.1, 0.15) is 5.82 Å². The highest BCUT2D eigenvalue weighted by atomic mass is 35.5. The number of halogens is 1. The van der Waals surface area contributed by atoms with E-state index in [2.05, 4.69) is 20.6 Å². The Kier molecular flexibility index (Phi) is 7.37. The van der Waals surface area contributed by atoms with E-state index in [0.29, 0.717) is 22.5 Å². The Hall–Kier alpha value is -2.81. The van der Waals surface area contributed by atoms with E-state index in [9.17, 15) is 9.59 Å². The highest BCUT2D eigenvalue weighted by Gasteiger charge is 2.31. The molecule has 1 aromatic carbocycles. The molecule has 0 aliphatic carbocycles. The van der Waals surface area contributed by atoms with Crippen LogP contribution in [0.15, 0.2) is 48.0 Å². The monoisotopic (exact) mass is 483 g/mol. The van der Waals surface area contributed by atoms with Crippen molar-refractivity contribution in [3.63, 3.8) is 0 Å². The van der Waals surface area contributed by atoms with E-state index < -0.39 is 0 Å². The molecule has 9 heteroatoms. The Morgan fingerprint density at radius 1 is 1.18 bits per heavy atom. The molecule has 0 spiro atoms. The van der Waals surface area contributed by atoms with Crippen LogP contribution in [0, 0.1) is 12.8 Å². The number of amides is 2. The first-order valence-corrected chi connectivity index (χ1v) is 12.1. The molecule has 2 amide bonds. The fourth-order valence-corrected chi connectivity index (χ4v) is 4.65. The van der Waals surface area contributed by atoms with Crippen LogP contribution in [0.1, 0.15) is 25.3 Å². The average Bonchev–Trinajstić information content (AvgIpc) is 3.29. The van der Waals surface area contributed by atoms with E-state index in [1.54, 1.807) is 12.1 Å². The van der Waals surface area contributed by atoms with E-state index in [0.717, 1.165) is 30.6 Å². The summed E-state index contributed by atoms with van der Waals surface area (Å²) in [5.74, 6) is 0.0463. The van der Waals surface area contributed by atoms with Crippen LogP contribution in [0.2, 0.25) is 5.02 Å². The van der Waals surface area contributed by atoms with E-state index in [1.165, 1.54) is 23.1 Å². The van der Waals surface area contributed by atoms with Gasteiger partial charge in [-0.25, -0.2) is 9.97 Å². The van der Waals surface area contributed by atoms with Gasteiger partial charge in [-0.2, -0.15) is 0 Å². The quantitative estimate of drug-likeness (QED) is 0.523. The third kappa shape index (κ3) is 5.96. The van der Waals surface area contributed by atoms with Crippen LogP contribution in [0.4, 0.5) is 10.9 Å². The molecule has 1 aliphatic rings. The summed E-state index contributed by atoms with van der Waals surface area (Å²) in [4.78, 5) is 36.3. The van der Waals surface area contributed by atoms with E-state index in [4.69, 9.17) is 11.6 Å². The molecular weight excluding hydrogens is 458 g/mol. The molecule has 7 nitrogen and oxygen atoms in total. The number of carbonyl (C=O) groups is 2.